The maximum atomic E-state index is 12.0. The molecule has 0 atom stereocenters. The summed E-state index contributed by atoms with van der Waals surface area (Å²) in [5, 5.41) is 0. The topological polar surface area (TPSA) is 25.9 Å². The highest BCUT2D eigenvalue weighted by molar-refractivity contribution is 5.94. The second-order valence-electron chi connectivity index (χ2n) is 5.45. The van der Waals surface area contributed by atoms with Crippen LogP contribution in [-0.4, -0.2) is 10.4 Å². The Hall–Kier alpha value is -1.42. The molecule has 0 unspecified atom stereocenters. The molecule has 1 heterocycles. The molecule has 1 aromatic carbocycles. The van der Waals surface area contributed by atoms with Crippen LogP contribution in [0.3, 0.4) is 0 Å². The minimum atomic E-state index is 0. The summed E-state index contributed by atoms with van der Waals surface area (Å²) in [4.78, 5) is 12.0. The van der Waals surface area contributed by atoms with E-state index in [0.717, 1.165) is 5.56 Å². The molecule has 0 aliphatic carbocycles. The van der Waals surface area contributed by atoms with E-state index in [2.05, 4.69) is 25.3 Å². The van der Waals surface area contributed by atoms with E-state index in [1.54, 1.807) is 0 Å². The van der Waals surface area contributed by atoms with Gasteiger partial charge in [-0.25, -0.2) is 9.13 Å². The third kappa shape index (κ3) is 4.03. The Labute approximate surface area is 124 Å². The first-order valence-corrected chi connectivity index (χ1v) is 6.12. The van der Waals surface area contributed by atoms with E-state index in [4.69, 9.17) is 0 Å². The molecule has 0 aliphatic rings. The largest absolute Gasteiger partial charge is 1.00 e. The molecule has 0 saturated carbocycles. The molecule has 0 N–H and O–H groups in total. The zero-order valence-corrected chi connectivity index (χ0v) is 13.1. The van der Waals surface area contributed by atoms with Crippen LogP contribution in [0.4, 0.5) is 0 Å². The summed E-state index contributed by atoms with van der Waals surface area (Å²) in [5.74, 6) is 0.132. The van der Waals surface area contributed by atoms with Gasteiger partial charge >= 0.3 is 0 Å². The van der Waals surface area contributed by atoms with Gasteiger partial charge in [0, 0.05) is 5.56 Å². The van der Waals surface area contributed by atoms with Gasteiger partial charge in [-0.05, 0) is 20.8 Å². The fraction of sp³-hybridized carbons (Fsp3) is 0.333. The van der Waals surface area contributed by atoms with Crippen molar-refractivity contribution in [3.8, 4) is 0 Å². The summed E-state index contributed by atoms with van der Waals surface area (Å²) < 4.78 is 4.02. The van der Waals surface area contributed by atoms with Crippen molar-refractivity contribution in [2.24, 2.45) is 0 Å². The minimum absolute atomic E-state index is 0. The van der Waals surface area contributed by atoms with Gasteiger partial charge in [-0.1, -0.05) is 30.3 Å². The van der Waals surface area contributed by atoms with Crippen LogP contribution >= 0.6 is 0 Å². The van der Waals surface area contributed by atoms with Crippen LogP contribution in [0.15, 0.2) is 49.1 Å². The third-order valence-corrected chi connectivity index (χ3v) is 2.89. The summed E-state index contributed by atoms with van der Waals surface area (Å²) in [6.45, 7) is 6.79. The van der Waals surface area contributed by atoms with Crippen LogP contribution in [0, 0.1) is 0 Å². The van der Waals surface area contributed by atoms with Gasteiger partial charge in [0.25, 0.3) is 0 Å². The van der Waals surface area contributed by atoms with Gasteiger partial charge < -0.3 is 17.0 Å². The molecular formula is C15H19BrN2O. The maximum absolute atomic E-state index is 12.0. The lowest BCUT2D eigenvalue weighted by Crippen LogP contribution is -3.00. The van der Waals surface area contributed by atoms with Crippen molar-refractivity contribution >= 4 is 5.78 Å². The van der Waals surface area contributed by atoms with Gasteiger partial charge in [0.1, 0.15) is 17.9 Å². The zero-order valence-electron chi connectivity index (χ0n) is 11.5. The number of rotatable bonds is 3. The second-order valence-corrected chi connectivity index (χ2v) is 5.45. The number of Topliss-reactive ketones (excluding diaryl/α,β-unsaturated/α-hetero) is 1. The molecule has 0 saturated heterocycles. The van der Waals surface area contributed by atoms with Crippen molar-refractivity contribution in [2.75, 3.05) is 0 Å². The molecule has 2 aromatic rings. The lowest BCUT2D eigenvalue weighted by Gasteiger charge is -2.13. The normalized spacial score (nSPS) is 10.9. The van der Waals surface area contributed by atoms with Gasteiger partial charge in [-0.15, -0.1) is 0 Å². The number of imidazole rings is 1. The van der Waals surface area contributed by atoms with Crippen molar-refractivity contribution in [3.63, 3.8) is 0 Å². The Morgan fingerprint density at radius 3 is 2.37 bits per heavy atom. The van der Waals surface area contributed by atoms with Crippen LogP contribution in [0.1, 0.15) is 31.1 Å². The lowest BCUT2D eigenvalue weighted by molar-refractivity contribution is -0.682. The Bertz CT molecular complexity index is 541. The molecule has 3 nitrogen and oxygen atoms in total. The van der Waals surface area contributed by atoms with Gasteiger partial charge in [0.2, 0.25) is 12.1 Å². The first-order chi connectivity index (χ1) is 8.47. The first-order valence-electron chi connectivity index (χ1n) is 6.12. The molecule has 19 heavy (non-hydrogen) atoms. The first kappa shape index (κ1) is 15.6. The van der Waals surface area contributed by atoms with E-state index in [-0.39, 0.29) is 28.3 Å². The number of carbonyl (C=O) groups excluding carboxylic acids is 1. The minimum Gasteiger partial charge on any atom is -1.00 e. The van der Waals surface area contributed by atoms with Crippen LogP contribution in [0.5, 0.6) is 0 Å². The predicted octanol–water partition coefficient (Wildman–Crippen LogP) is -0.582. The number of ketones is 1. The number of aromatic nitrogens is 2. The molecular weight excluding hydrogens is 304 g/mol. The highest BCUT2D eigenvalue weighted by Crippen LogP contribution is 2.11. The zero-order chi connectivity index (χ0) is 13.2. The summed E-state index contributed by atoms with van der Waals surface area (Å²) in [5.41, 5.74) is 0.801. The number of nitrogens with zero attached hydrogens (tertiary/aromatic N) is 2. The van der Waals surface area contributed by atoms with Gasteiger partial charge in [0.15, 0.2) is 6.54 Å². The fourth-order valence-corrected chi connectivity index (χ4v) is 1.77. The molecule has 0 spiro atoms. The smallest absolute Gasteiger partial charge is 0.244 e. The van der Waals surface area contributed by atoms with Gasteiger partial charge in [0.05, 0.1) is 0 Å². The van der Waals surface area contributed by atoms with Crippen molar-refractivity contribution in [3.05, 3.63) is 54.6 Å². The van der Waals surface area contributed by atoms with E-state index >= 15 is 0 Å². The molecule has 2 rings (SSSR count). The standard InChI is InChI=1S/C15H19N2O.BrH/c1-15(2,3)17-10-9-16(12-17)11-14(18)13-7-5-4-6-8-13;/h4-10,12H,11H2,1-3H3;1H/q+1;/p-1. The van der Waals surface area contributed by atoms with E-state index in [0.29, 0.717) is 6.54 Å². The molecule has 0 aliphatic heterocycles. The summed E-state index contributed by atoms with van der Waals surface area (Å²) in [6, 6.07) is 9.39. The molecule has 0 fully saturated rings. The Morgan fingerprint density at radius 2 is 1.84 bits per heavy atom. The molecule has 0 radical (unpaired) electrons. The van der Waals surface area contributed by atoms with Gasteiger partial charge in [-0.3, -0.25) is 4.79 Å². The van der Waals surface area contributed by atoms with Gasteiger partial charge in [-0.2, -0.15) is 0 Å². The molecule has 1 aromatic heterocycles. The SMILES string of the molecule is CC(C)(C)n1cc[n+](CC(=O)c2ccccc2)c1.[Br-]. The van der Waals surface area contributed by atoms with Crippen molar-refractivity contribution in [1.29, 1.82) is 0 Å². The van der Waals surface area contributed by atoms with E-state index < -0.39 is 0 Å². The molecule has 0 bridgehead atoms. The number of carbonyl (C=O) groups is 1. The summed E-state index contributed by atoms with van der Waals surface area (Å²) in [7, 11) is 0. The molecule has 4 heteroatoms. The maximum Gasteiger partial charge on any atom is 0.244 e. The molecule has 102 valence electrons. The van der Waals surface area contributed by atoms with Crippen LogP contribution < -0.4 is 21.5 Å². The Kier molecular flexibility index (Phi) is 5.06. The third-order valence-electron chi connectivity index (χ3n) is 2.89. The lowest BCUT2D eigenvalue weighted by atomic mass is 10.1. The van der Waals surface area contributed by atoms with E-state index in [1.165, 1.54) is 0 Å². The highest BCUT2D eigenvalue weighted by Gasteiger charge is 2.20. The monoisotopic (exact) mass is 322 g/mol. The Morgan fingerprint density at radius 1 is 1.21 bits per heavy atom. The summed E-state index contributed by atoms with van der Waals surface area (Å²) in [6.07, 6.45) is 5.91. The Balaban J connectivity index is 0.00000180. The van der Waals surface area contributed by atoms with Crippen molar-refractivity contribution < 1.29 is 26.3 Å². The number of benzene rings is 1. The number of halogens is 1. The van der Waals surface area contributed by atoms with Crippen LogP contribution in [0.2, 0.25) is 0 Å². The fourth-order valence-electron chi connectivity index (χ4n) is 1.77. The summed E-state index contributed by atoms with van der Waals surface area (Å²) >= 11 is 0. The quantitative estimate of drug-likeness (QED) is 0.548. The highest BCUT2D eigenvalue weighted by atomic mass is 79.9. The van der Waals surface area contributed by atoms with Crippen molar-refractivity contribution in [2.45, 2.75) is 32.9 Å². The van der Waals surface area contributed by atoms with E-state index in [1.807, 2.05) is 53.6 Å². The average Bonchev–Trinajstić information content (AvgIpc) is 2.78. The average molecular weight is 323 g/mol. The van der Waals surface area contributed by atoms with Crippen LogP contribution in [0.25, 0.3) is 0 Å². The number of hydrogen-bond donors (Lipinski definition) is 0. The van der Waals surface area contributed by atoms with Crippen molar-refractivity contribution in [1.82, 2.24) is 4.57 Å². The van der Waals surface area contributed by atoms with E-state index in [9.17, 15) is 4.79 Å². The number of hydrogen-bond acceptors (Lipinski definition) is 1. The predicted molar refractivity (Wildman–Crippen MR) is 70.4 cm³/mol. The second kappa shape index (κ2) is 6.15. The molecule has 0 amide bonds. The van der Waals surface area contributed by atoms with Crippen LogP contribution in [-0.2, 0) is 12.1 Å².